The first kappa shape index (κ1) is 52.9. The molecule has 15 heteroatoms. The van der Waals surface area contributed by atoms with Crippen molar-refractivity contribution in [2.24, 2.45) is 5.92 Å². The molecule has 0 amide bonds. The molecule has 0 radical (unpaired) electrons. The van der Waals surface area contributed by atoms with E-state index < -0.39 is 87.2 Å². The quantitative estimate of drug-likeness (QED) is 0.0464. The van der Waals surface area contributed by atoms with Gasteiger partial charge in [0.2, 0.25) is 0 Å². The molecule has 0 bridgehead atoms. The van der Waals surface area contributed by atoms with E-state index in [9.17, 15) is 5.11 Å². The van der Waals surface area contributed by atoms with Crippen molar-refractivity contribution < 1.29 is 46.5 Å². The highest BCUT2D eigenvalue weighted by Crippen LogP contribution is 2.46. The standard InChI is InChI=1S/C41H87ClO10Si4/c1-18-54(19-2,20-3)46-29-32(42)36(45-30-44-15)35(52-56(24-7,25-8)26-9)31(28-43)33(50-55(21-4,22-5)23-6)27-34-37(51-53(16,17)40(10,11)12)38-39(47-34)49-41(13,14)48-38/h31-39,43H,18-30H2,1-17H3/t31-,32+,33+,34+,35+,36+,37-,38+,39+/m0/s1. The first-order chi connectivity index (χ1) is 26.1. The molecule has 2 aliphatic heterocycles. The molecule has 56 heavy (non-hydrogen) atoms. The average molecular weight is 888 g/mol. The van der Waals surface area contributed by atoms with Crippen molar-refractivity contribution in [1.82, 2.24) is 0 Å². The van der Waals surface area contributed by atoms with Gasteiger partial charge in [-0.3, -0.25) is 0 Å². The fourth-order valence-electron chi connectivity index (χ4n) is 8.34. The second-order valence-electron chi connectivity index (χ2n) is 18.4. The van der Waals surface area contributed by atoms with Crippen molar-refractivity contribution in [3.63, 3.8) is 0 Å². The molecular weight excluding hydrogens is 800 g/mol. The topological polar surface area (TPSA) is 103 Å². The maximum Gasteiger partial charge on any atom is 0.192 e. The van der Waals surface area contributed by atoms with Gasteiger partial charge in [0, 0.05) is 19.4 Å². The summed E-state index contributed by atoms with van der Waals surface area (Å²) in [7, 11) is -7.24. The van der Waals surface area contributed by atoms with Crippen molar-refractivity contribution in [1.29, 1.82) is 0 Å². The summed E-state index contributed by atoms with van der Waals surface area (Å²) < 4.78 is 61.0. The Bertz CT molecular complexity index is 1090. The average Bonchev–Trinajstić information content (AvgIpc) is 3.63. The van der Waals surface area contributed by atoms with Crippen LogP contribution >= 0.6 is 11.6 Å². The third kappa shape index (κ3) is 13.1. The number of hydrogen-bond acceptors (Lipinski definition) is 10. The third-order valence-electron chi connectivity index (χ3n) is 14.1. The van der Waals surface area contributed by atoms with Gasteiger partial charge in [0.15, 0.2) is 45.3 Å². The van der Waals surface area contributed by atoms with Gasteiger partial charge in [-0.05, 0) is 86.4 Å². The Balaban J connectivity index is 2.82. The zero-order chi connectivity index (χ0) is 42.8. The molecule has 1 N–H and O–H groups in total. The summed E-state index contributed by atoms with van der Waals surface area (Å²) in [5.41, 5.74) is 0. The van der Waals surface area contributed by atoms with E-state index in [1.165, 1.54) is 0 Å². The molecule has 0 aromatic rings. The number of hydrogen-bond donors (Lipinski definition) is 1. The molecule has 0 aliphatic carbocycles. The van der Waals surface area contributed by atoms with Gasteiger partial charge < -0.3 is 46.5 Å². The first-order valence-corrected chi connectivity index (χ1v) is 33.1. The monoisotopic (exact) mass is 887 g/mol. The van der Waals surface area contributed by atoms with Crippen molar-refractivity contribution >= 4 is 44.9 Å². The van der Waals surface area contributed by atoms with Crippen LogP contribution in [0.4, 0.5) is 0 Å². The van der Waals surface area contributed by atoms with Crippen LogP contribution < -0.4 is 0 Å². The largest absolute Gasteiger partial charge is 0.415 e. The van der Waals surface area contributed by atoms with Gasteiger partial charge in [-0.15, -0.1) is 11.6 Å². The predicted octanol–water partition coefficient (Wildman–Crippen LogP) is 10.7. The normalized spacial score (nSPS) is 24.9. The van der Waals surface area contributed by atoms with Crippen LogP contribution in [0.15, 0.2) is 0 Å². The molecule has 0 aromatic heterocycles. The van der Waals surface area contributed by atoms with Crippen LogP contribution in [0.25, 0.3) is 0 Å². The highest BCUT2D eigenvalue weighted by atomic mass is 35.5. The highest BCUT2D eigenvalue weighted by molar-refractivity contribution is 6.75. The Morgan fingerprint density at radius 2 is 1.25 bits per heavy atom. The lowest BCUT2D eigenvalue weighted by molar-refractivity contribution is -0.217. The Hall–Kier alpha value is 0.758. The van der Waals surface area contributed by atoms with E-state index in [0.29, 0.717) is 13.0 Å². The van der Waals surface area contributed by atoms with E-state index in [0.717, 1.165) is 54.4 Å². The van der Waals surface area contributed by atoms with E-state index in [1.54, 1.807) is 7.11 Å². The van der Waals surface area contributed by atoms with Gasteiger partial charge in [-0.25, -0.2) is 0 Å². The lowest BCUT2D eigenvalue weighted by Crippen LogP contribution is -2.58. The van der Waals surface area contributed by atoms with Gasteiger partial charge in [0.25, 0.3) is 0 Å². The van der Waals surface area contributed by atoms with E-state index in [2.05, 4.69) is 96.2 Å². The third-order valence-corrected chi connectivity index (χ3v) is 32.9. The molecule has 2 rings (SSSR count). The molecule has 0 saturated carbocycles. The molecule has 2 fully saturated rings. The lowest BCUT2D eigenvalue weighted by Gasteiger charge is -2.46. The maximum atomic E-state index is 11.8. The van der Waals surface area contributed by atoms with E-state index in [-0.39, 0.29) is 24.5 Å². The van der Waals surface area contributed by atoms with Crippen LogP contribution in [0.2, 0.25) is 72.5 Å². The van der Waals surface area contributed by atoms with Crippen molar-refractivity contribution in [2.45, 2.75) is 230 Å². The smallest absolute Gasteiger partial charge is 0.192 e. The lowest BCUT2D eigenvalue weighted by atomic mass is 9.87. The summed E-state index contributed by atoms with van der Waals surface area (Å²) in [6, 6.07) is 8.69. The number of alkyl halides is 1. The summed E-state index contributed by atoms with van der Waals surface area (Å²) in [6.07, 6.45) is -2.96. The summed E-state index contributed by atoms with van der Waals surface area (Å²) in [5, 5.41) is 11.2. The minimum absolute atomic E-state index is 0.0344. The molecule has 0 spiro atoms. The van der Waals surface area contributed by atoms with Gasteiger partial charge in [0.1, 0.15) is 25.1 Å². The maximum absolute atomic E-state index is 11.8. The zero-order valence-electron chi connectivity index (χ0n) is 38.9. The minimum atomic E-state index is -2.32. The number of rotatable bonds is 28. The molecule has 10 nitrogen and oxygen atoms in total. The fraction of sp³-hybridized carbons (Fsp3) is 1.00. The number of halogens is 1. The predicted molar refractivity (Wildman–Crippen MR) is 240 cm³/mol. The molecule has 2 saturated heterocycles. The number of fused-ring (bicyclic) bond motifs is 1. The van der Waals surface area contributed by atoms with Crippen LogP contribution in [0.3, 0.4) is 0 Å². The number of ether oxygens (including phenoxy) is 5. The van der Waals surface area contributed by atoms with Crippen LogP contribution in [0, 0.1) is 5.92 Å². The SMILES string of the molecule is CC[Si](CC)(CC)OC[C@@H](Cl)[C@@H](OCOC)[C@H](O[Si](CC)(CC)CC)[C@@H](CO)[C@@H](C[C@H]1O[C@@H]2OC(C)(C)O[C@@H]2[C@H]1O[Si](C)(C)C(C)(C)C)O[Si](CC)(CC)CC. The van der Waals surface area contributed by atoms with Gasteiger partial charge in [-0.2, -0.15) is 0 Å². The highest BCUT2D eigenvalue weighted by Gasteiger charge is 2.59. The van der Waals surface area contributed by atoms with Crippen LogP contribution in [-0.4, -0.2) is 120 Å². The summed E-state index contributed by atoms with van der Waals surface area (Å²) >= 11 is 7.50. The minimum Gasteiger partial charge on any atom is -0.415 e. The second kappa shape index (κ2) is 22.7. The van der Waals surface area contributed by atoms with Crippen molar-refractivity contribution in [3.8, 4) is 0 Å². The summed E-state index contributed by atoms with van der Waals surface area (Å²) in [4.78, 5) is 0. The molecule has 2 heterocycles. The Kier molecular flexibility index (Phi) is 21.5. The van der Waals surface area contributed by atoms with Crippen LogP contribution in [0.1, 0.15) is 103 Å². The Labute approximate surface area is 352 Å². The Morgan fingerprint density at radius 3 is 1.70 bits per heavy atom. The molecule has 0 unspecified atom stereocenters. The van der Waals surface area contributed by atoms with Gasteiger partial charge in [0.05, 0.1) is 36.9 Å². The number of methoxy groups -OCH3 is 1. The number of aliphatic hydroxyl groups is 1. The van der Waals surface area contributed by atoms with Crippen molar-refractivity contribution in [3.05, 3.63) is 0 Å². The Morgan fingerprint density at radius 1 is 0.750 bits per heavy atom. The van der Waals surface area contributed by atoms with E-state index in [1.807, 2.05) is 13.8 Å². The fourth-order valence-corrected chi connectivity index (χ4v) is 18.5. The van der Waals surface area contributed by atoms with E-state index >= 15 is 0 Å². The summed E-state index contributed by atoms with van der Waals surface area (Å²) in [6.45, 7) is 35.4. The summed E-state index contributed by atoms with van der Waals surface area (Å²) in [5.74, 6) is -1.29. The van der Waals surface area contributed by atoms with E-state index in [4.69, 9.17) is 53.0 Å². The molecule has 2 aliphatic rings. The second-order valence-corrected chi connectivity index (χ2v) is 37.9. The first-order valence-electron chi connectivity index (χ1n) is 22.2. The number of aliphatic hydroxyl groups excluding tert-OH is 1. The van der Waals surface area contributed by atoms with Crippen LogP contribution in [0.5, 0.6) is 0 Å². The van der Waals surface area contributed by atoms with Crippen LogP contribution in [-0.2, 0) is 41.4 Å². The van der Waals surface area contributed by atoms with Gasteiger partial charge in [-0.1, -0.05) is 83.1 Å². The van der Waals surface area contributed by atoms with Gasteiger partial charge >= 0.3 is 0 Å². The van der Waals surface area contributed by atoms with Crippen molar-refractivity contribution in [2.75, 3.05) is 27.1 Å². The molecule has 9 atom stereocenters. The zero-order valence-corrected chi connectivity index (χ0v) is 43.6. The molecule has 334 valence electrons. The molecular formula is C41H87ClO10Si4. The molecule has 0 aromatic carbocycles.